The van der Waals surface area contributed by atoms with E-state index in [2.05, 4.69) is 19.5 Å². The van der Waals surface area contributed by atoms with E-state index in [1.165, 1.54) is 18.3 Å². The summed E-state index contributed by atoms with van der Waals surface area (Å²) in [6.07, 6.45) is -0.945. The number of anilines is 1. The summed E-state index contributed by atoms with van der Waals surface area (Å²) in [6.45, 7) is 3.32. The second-order valence-corrected chi connectivity index (χ2v) is 9.99. The molecule has 1 fully saturated rings. The smallest absolute Gasteiger partial charge is 0.490 e. The van der Waals surface area contributed by atoms with Gasteiger partial charge < -0.3 is 29.2 Å². The second kappa shape index (κ2) is 11.6. The average Bonchev–Trinajstić information content (AvgIpc) is 3.37. The lowest BCUT2D eigenvalue weighted by Gasteiger charge is -2.38. The van der Waals surface area contributed by atoms with Crippen LogP contribution in [0.15, 0.2) is 54.7 Å². The number of ether oxygens (including phenoxy) is 3. The summed E-state index contributed by atoms with van der Waals surface area (Å²) in [5.41, 5.74) is 2.04. The highest BCUT2D eigenvalue weighted by molar-refractivity contribution is 5.49. The number of fused-ring (bicyclic) bond motifs is 1. The first-order valence-corrected chi connectivity index (χ1v) is 13.0. The Bertz CT molecular complexity index is 1290. The number of aromatic nitrogens is 2. The van der Waals surface area contributed by atoms with Crippen LogP contribution in [-0.4, -0.2) is 64.6 Å². The topological polar surface area (TPSA) is 95.1 Å². The van der Waals surface area contributed by atoms with Gasteiger partial charge in [0.05, 0.1) is 0 Å². The Morgan fingerprint density at radius 3 is 2.38 bits per heavy atom. The summed E-state index contributed by atoms with van der Waals surface area (Å²) in [5, 5.41) is 10.9. The molecule has 0 radical (unpaired) electrons. The van der Waals surface area contributed by atoms with Gasteiger partial charge in [-0.25, -0.2) is 0 Å². The standard InChI is InChI=1S/C27H30F3N5O5/c1-32(16-19-2-6-23(7-3-19)40-27(28,29)30)20-10-13-33(14-11-20)21-4-8-22(9-5-21)38-18-24-12-15-34-17-25(35(36)37)31-26(34)39-24/h2-9,17,20,24H,10-16,18H2,1H3/t24-/m1/s1. The summed E-state index contributed by atoms with van der Waals surface area (Å²) in [6, 6.07) is 14.5. The molecule has 3 aromatic rings. The molecule has 13 heteroatoms. The first-order chi connectivity index (χ1) is 19.1. The average molecular weight is 562 g/mol. The number of nitrogens with zero attached hydrogens (tertiary/aromatic N) is 5. The van der Waals surface area contributed by atoms with E-state index < -0.39 is 11.3 Å². The molecule has 0 bridgehead atoms. The van der Waals surface area contributed by atoms with Gasteiger partial charge in [0.1, 0.15) is 30.4 Å². The molecular formula is C27H30F3N5O5. The van der Waals surface area contributed by atoms with E-state index >= 15 is 0 Å². The lowest BCUT2D eigenvalue weighted by molar-refractivity contribution is -0.389. The van der Waals surface area contributed by atoms with Gasteiger partial charge in [0, 0.05) is 49.3 Å². The third-order valence-electron chi connectivity index (χ3n) is 7.19. The van der Waals surface area contributed by atoms with Crippen LogP contribution in [0.1, 0.15) is 24.8 Å². The van der Waals surface area contributed by atoms with E-state index in [-0.39, 0.29) is 23.7 Å². The minimum atomic E-state index is -4.69. The number of piperidine rings is 1. The highest BCUT2D eigenvalue weighted by atomic mass is 19.4. The van der Waals surface area contributed by atoms with Gasteiger partial charge in [0.2, 0.25) is 0 Å². The van der Waals surface area contributed by atoms with Gasteiger partial charge in [0.15, 0.2) is 0 Å². The van der Waals surface area contributed by atoms with Gasteiger partial charge in [-0.2, -0.15) is 0 Å². The number of halogens is 3. The van der Waals surface area contributed by atoms with Gasteiger partial charge in [-0.3, -0.25) is 9.47 Å². The molecule has 214 valence electrons. The molecule has 0 N–H and O–H groups in total. The van der Waals surface area contributed by atoms with Crippen LogP contribution in [0.5, 0.6) is 17.5 Å². The highest BCUT2D eigenvalue weighted by Gasteiger charge is 2.31. The van der Waals surface area contributed by atoms with Gasteiger partial charge >= 0.3 is 18.2 Å². The predicted molar refractivity (Wildman–Crippen MR) is 140 cm³/mol. The van der Waals surface area contributed by atoms with Crippen molar-refractivity contribution in [3.05, 3.63) is 70.4 Å². The summed E-state index contributed by atoms with van der Waals surface area (Å²) < 4.78 is 54.4. The van der Waals surface area contributed by atoms with Crippen molar-refractivity contribution in [2.24, 2.45) is 0 Å². The number of alkyl halides is 3. The highest BCUT2D eigenvalue weighted by Crippen LogP contribution is 2.28. The minimum Gasteiger partial charge on any atom is -0.490 e. The van der Waals surface area contributed by atoms with Crippen molar-refractivity contribution >= 4 is 11.5 Å². The molecule has 3 heterocycles. The van der Waals surface area contributed by atoms with E-state index in [0.29, 0.717) is 37.9 Å². The number of hydrogen-bond acceptors (Lipinski definition) is 8. The molecule has 0 spiro atoms. The molecule has 10 nitrogen and oxygen atoms in total. The van der Waals surface area contributed by atoms with Crippen molar-refractivity contribution in [2.75, 3.05) is 31.6 Å². The molecule has 1 saturated heterocycles. The van der Waals surface area contributed by atoms with Crippen LogP contribution >= 0.6 is 0 Å². The zero-order valence-electron chi connectivity index (χ0n) is 21.9. The van der Waals surface area contributed by atoms with Crippen LogP contribution in [0.2, 0.25) is 0 Å². The quantitative estimate of drug-likeness (QED) is 0.266. The molecule has 0 aliphatic carbocycles. The van der Waals surface area contributed by atoms with Crippen molar-refractivity contribution in [1.82, 2.24) is 14.5 Å². The lowest BCUT2D eigenvalue weighted by atomic mass is 10.0. The molecule has 0 unspecified atom stereocenters. The Balaban J connectivity index is 1.06. The first-order valence-electron chi connectivity index (χ1n) is 13.0. The molecule has 1 atom stereocenters. The molecule has 2 aliphatic heterocycles. The zero-order valence-corrected chi connectivity index (χ0v) is 21.9. The number of imidazole rings is 1. The summed E-state index contributed by atoms with van der Waals surface area (Å²) in [4.78, 5) is 18.9. The SMILES string of the molecule is CN(Cc1ccc(OC(F)(F)F)cc1)C1CCN(c2ccc(OC[C@H]3CCn4cc([N+](=O)[O-])nc4O3)cc2)CC1. The Kier molecular flexibility index (Phi) is 8.01. The van der Waals surface area contributed by atoms with Crippen molar-refractivity contribution in [2.45, 2.75) is 50.9 Å². The van der Waals surface area contributed by atoms with Crippen molar-refractivity contribution in [1.29, 1.82) is 0 Å². The van der Waals surface area contributed by atoms with Gasteiger partial charge in [-0.15, -0.1) is 13.2 Å². The number of nitro groups is 1. The molecule has 2 aliphatic rings. The van der Waals surface area contributed by atoms with Gasteiger partial charge in [0.25, 0.3) is 0 Å². The fourth-order valence-electron chi connectivity index (χ4n) is 5.06. The minimum absolute atomic E-state index is 0.216. The Hall–Kier alpha value is -4.00. The van der Waals surface area contributed by atoms with Crippen molar-refractivity contribution in [3.63, 3.8) is 0 Å². The largest absolute Gasteiger partial charge is 0.573 e. The number of rotatable bonds is 9. The third-order valence-corrected chi connectivity index (χ3v) is 7.19. The summed E-state index contributed by atoms with van der Waals surface area (Å²) in [7, 11) is 2.04. The third kappa shape index (κ3) is 6.95. The monoisotopic (exact) mass is 561 g/mol. The van der Waals surface area contributed by atoms with Crippen LogP contribution in [0.4, 0.5) is 24.7 Å². The van der Waals surface area contributed by atoms with Crippen LogP contribution in [0.3, 0.4) is 0 Å². The van der Waals surface area contributed by atoms with E-state index in [9.17, 15) is 23.3 Å². The number of benzene rings is 2. The van der Waals surface area contributed by atoms with Crippen LogP contribution in [0, 0.1) is 10.1 Å². The summed E-state index contributed by atoms with van der Waals surface area (Å²) in [5.74, 6) is 0.275. The maximum Gasteiger partial charge on any atom is 0.573 e. The molecule has 0 saturated carbocycles. The Morgan fingerprint density at radius 1 is 1.05 bits per heavy atom. The summed E-state index contributed by atoms with van der Waals surface area (Å²) >= 11 is 0. The molecule has 1 aromatic heterocycles. The van der Waals surface area contributed by atoms with Crippen LogP contribution in [-0.2, 0) is 13.1 Å². The normalized spacial score (nSPS) is 17.8. The first kappa shape index (κ1) is 27.6. The van der Waals surface area contributed by atoms with E-state index in [4.69, 9.17) is 9.47 Å². The van der Waals surface area contributed by atoms with Gasteiger partial charge in [-0.05, 0) is 66.8 Å². The molecule has 5 rings (SSSR count). The number of hydrogen-bond donors (Lipinski definition) is 0. The Labute approximate surface area is 229 Å². The van der Waals surface area contributed by atoms with E-state index in [1.54, 1.807) is 16.7 Å². The molecular weight excluding hydrogens is 531 g/mol. The zero-order chi connectivity index (χ0) is 28.3. The van der Waals surface area contributed by atoms with Crippen molar-refractivity contribution in [3.8, 4) is 17.5 Å². The molecule has 40 heavy (non-hydrogen) atoms. The number of aryl methyl sites for hydroxylation is 1. The van der Waals surface area contributed by atoms with Crippen LogP contribution < -0.4 is 19.1 Å². The maximum atomic E-state index is 12.4. The lowest BCUT2D eigenvalue weighted by Crippen LogP contribution is -2.43. The fourth-order valence-corrected chi connectivity index (χ4v) is 5.06. The molecule has 2 aromatic carbocycles. The van der Waals surface area contributed by atoms with Gasteiger partial charge in [-0.1, -0.05) is 12.1 Å². The van der Waals surface area contributed by atoms with E-state index in [0.717, 1.165) is 37.2 Å². The van der Waals surface area contributed by atoms with E-state index in [1.807, 2.05) is 31.3 Å². The maximum absolute atomic E-state index is 12.4. The van der Waals surface area contributed by atoms with Crippen LogP contribution in [0.25, 0.3) is 0 Å². The predicted octanol–water partition coefficient (Wildman–Crippen LogP) is 5.02. The Morgan fingerprint density at radius 2 is 1.73 bits per heavy atom. The second-order valence-electron chi connectivity index (χ2n) is 9.99. The fraction of sp³-hybridized carbons (Fsp3) is 0.444. The molecule has 0 amide bonds. The van der Waals surface area contributed by atoms with Crippen molar-refractivity contribution < 1.29 is 32.3 Å².